The third-order valence-corrected chi connectivity index (χ3v) is 5.42. The van der Waals surface area contributed by atoms with Gasteiger partial charge in [0.15, 0.2) is 9.84 Å². The second-order valence-electron chi connectivity index (χ2n) is 5.32. The van der Waals surface area contributed by atoms with Crippen molar-refractivity contribution in [2.45, 2.75) is 38.3 Å². The molecule has 0 aromatic heterocycles. The van der Waals surface area contributed by atoms with Crippen LogP contribution >= 0.6 is 0 Å². The lowest BCUT2D eigenvalue weighted by Gasteiger charge is -2.34. The summed E-state index contributed by atoms with van der Waals surface area (Å²) in [6, 6.07) is -0.276. The van der Waals surface area contributed by atoms with Gasteiger partial charge in [0.2, 0.25) is 5.91 Å². The quantitative estimate of drug-likeness (QED) is 0.731. The van der Waals surface area contributed by atoms with Crippen LogP contribution in [-0.4, -0.2) is 62.6 Å². The number of hydrogen-bond acceptors (Lipinski definition) is 5. The van der Waals surface area contributed by atoms with E-state index in [1.807, 2.05) is 6.92 Å². The van der Waals surface area contributed by atoms with Gasteiger partial charge in [-0.25, -0.2) is 8.42 Å². The summed E-state index contributed by atoms with van der Waals surface area (Å²) in [5, 5.41) is 0. The van der Waals surface area contributed by atoms with Gasteiger partial charge in [-0.3, -0.25) is 4.79 Å². The predicted molar refractivity (Wildman–Crippen MR) is 73.5 cm³/mol. The Bertz CT molecular complexity index is 419. The van der Waals surface area contributed by atoms with Crippen molar-refractivity contribution in [1.82, 2.24) is 4.90 Å². The third kappa shape index (κ3) is 4.15. The van der Waals surface area contributed by atoms with Crippen molar-refractivity contribution in [3.63, 3.8) is 0 Å². The molecule has 112 valence electrons. The molecule has 1 amide bonds. The second-order valence-corrected chi connectivity index (χ2v) is 7.55. The van der Waals surface area contributed by atoms with Gasteiger partial charge in [0, 0.05) is 19.7 Å². The normalized spacial score (nSPS) is 24.9. The average molecular weight is 292 g/mol. The van der Waals surface area contributed by atoms with Crippen molar-refractivity contribution >= 4 is 15.7 Å². The number of methoxy groups -OCH3 is 1. The summed E-state index contributed by atoms with van der Waals surface area (Å²) in [5.74, 6) is -0.0291. The van der Waals surface area contributed by atoms with Crippen LogP contribution < -0.4 is 5.73 Å². The molecule has 2 unspecified atom stereocenters. The van der Waals surface area contributed by atoms with Crippen molar-refractivity contribution in [1.29, 1.82) is 0 Å². The number of nitrogens with two attached hydrogens (primary N) is 1. The lowest BCUT2D eigenvalue weighted by molar-refractivity contribution is -0.139. The summed E-state index contributed by atoms with van der Waals surface area (Å²) >= 11 is 0. The molecule has 1 aliphatic heterocycles. The zero-order valence-electron chi connectivity index (χ0n) is 11.9. The van der Waals surface area contributed by atoms with E-state index < -0.39 is 15.4 Å². The van der Waals surface area contributed by atoms with Crippen LogP contribution in [0.25, 0.3) is 0 Å². The van der Waals surface area contributed by atoms with Crippen LogP contribution in [0.3, 0.4) is 0 Å². The van der Waals surface area contributed by atoms with Crippen molar-refractivity contribution in [3.05, 3.63) is 0 Å². The number of sulfone groups is 1. The first-order valence-electron chi connectivity index (χ1n) is 6.53. The van der Waals surface area contributed by atoms with Gasteiger partial charge in [-0.15, -0.1) is 0 Å². The molecule has 0 radical (unpaired) electrons. The molecule has 0 aromatic rings. The van der Waals surface area contributed by atoms with Crippen molar-refractivity contribution in [3.8, 4) is 0 Å². The molecule has 0 aliphatic carbocycles. The SMILES string of the molecule is CCC(C)(N)C(=O)N(CCOC)C1CCS(=O)(=O)C1. The summed E-state index contributed by atoms with van der Waals surface area (Å²) in [7, 11) is -1.48. The Labute approximate surface area is 115 Å². The fourth-order valence-corrected chi connectivity index (χ4v) is 3.87. The van der Waals surface area contributed by atoms with Gasteiger partial charge in [-0.1, -0.05) is 6.92 Å². The van der Waals surface area contributed by atoms with Gasteiger partial charge >= 0.3 is 0 Å². The number of rotatable bonds is 6. The molecule has 1 fully saturated rings. The van der Waals surface area contributed by atoms with Crippen LogP contribution in [0.15, 0.2) is 0 Å². The summed E-state index contributed by atoms with van der Waals surface area (Å²) in [6.07, 6.45) is 0.992. The Balaban J connectivity index is 2.86. The van der Waals surface area contributed by atoms with Crippen LogP contribution in [0.2, 0.25) is 0 Å². The molecule has 0 bridgehead atoms. The fourth-order valence-electron chi connectivity index (χ4n) is 2.14. The molecule has 2 N–H and O–H groups in total. The minimum atomic E-state index is -3.03. The van der Waals surface area contributed by atoms with E-state index in [1.165, 1.54) is 0 Å². The first kappa shape index (κ1) is 16.4. The van der Waals surface area contributed by atoms with E-state index in [0.29, 0.717) is 26.0 Å². The smallest absolute Gasteiger partial charge is 0.242 e. The molecular formula is C12H24N2O4S. The summed E-state index contributed by atoms with van der Waals surface area (Å²) in [5.41, 5.74) is 5.03. The van der Waals surface area contributed by atoms with Crippen molar-refractivity contribution in [2.24, 2.45) is 5.73 Å². The van der Waals surface area contributed by atoms with Crippen LogP contribution in [0.5, 0.6) is 0 Å². The molecule has 0 aromatic carbocycles. The molecule has 1 saturated heterocycles. The monoisotopic (exact) mass is 292 g/mol. The number of carbonyl (C=O) groups excluding carboxylic acids is 1. The predicted octanol–water partition coefficient (Wildman–Crippen LogP) is -0.224. The minimum Gasteiger partial charge on any atom is -0.383 e. The van der Waals surface area contributed by atoms with E-state index in [9.17, 15) is 13.2 Å². The average Bonchev–Trinajstić information content (AvgIpc) is 2.70. The van der Waals surface area contributed by atoms with Crippen LogP contribution in [0, 0.1) is 0 Å². The highest BCUT2D eigenvalue weighted by Crippen LogP contribution is 2.21. The van der Waals surface area contributed by atoms with Gasteiger partial charge < -0.3 is 15.4 Å². The molecule has 1 rings (SSSR count). The first-order valence-corrected chi connectivity index (χ1v) is 8.35. The summed E-state index contributed by atoms with van der Waals surface area (Å²) in [6.45, 7) is 4.28. The molecule has 7 heteroatoms. The van der Waals surface area contributed by atoms with Crippen LogP contribution in [0.1, 0.15) is 26.7 Å². The molecule has 0 saturated carbocycles. The number of hydrogen-bond donors (Lipinski definition) is 1. The largest absolute Gasteiger partial charge is 0.383 e. The lowest BCUT2D eigenvalue weighted by atomic mass is 9.97. The van der Waals surface area contributed by atoms with E-state index in [1.54, 1.807) is 18.9 Å². The Hall–Kier alpha value is -0.660. The Morgan fingerprint density at radius 1 is 1.53 bits per heavy atom. The molecule has 1 aliphatic rings. The van der Waals surface area contributed by atoms with E-state index in [0.717, 1.165) is 0 Å². The van der Waals surface area contributed by atoms with Crippen LogP contribution in [0.4, 0.5) is 0 Å². The molecule has 0 spiro atoms. The molecule has 2 atom stereocenters. The molecular weight excluding hydrogens is 268 g/mol. The number of nitrogens with zero attached hydrogens (tertiary/aromatic N) is 1. The highest BCUT2D eigenvalue weighted by molar-refractivity contribution is 7.91. The van der Waals surface area contributed by atoms with Gasteiger partial charge in [0.1, 0.15) is 0 Å². The maximum absolute atomic E-state index is 12.5. The Kier molecular flexibility index (Phi) is 5.34. The fraction of sp³-hybridized carbons (Fsp3) is 0.917. The van der Waals surface area contributed by atoms with Gasteiger partial charge in [-0.05, 0) is 19.8 Å². The van der Waals surface area contributed by atoms with E-state index in [4.69, 9.17) is 10.5 Å². The van der Waals surface area contributed by atoms with Crippen molar-refractivity contribution in [2.75, 3.05) is 31.8 Å². The molecule has 19 heavy (non-hydrogen) atoms. The Morgan fingerprint density at radius 3 is 2.58 bits per heavy atom. The molecule has 6 nitrogen and oxygen atoms in total. The second kappa shape index (κ2) is 6.19. The van der Waals surface area contributed by atoms with Crippen LogP contribution in [-0.2, 0) is 19.4 Å². The lowest BCUT2D eigenvalue weighted by Crippen LogP contribution is -2.56. The van der Waals surface area contributed by atoms with Gasteiger partial charge in [-0.2, -0.15) is 0 Å². The third-order valence-electron chi connectivity index (χ3n) is 3.67. The van der Waals surface area contributed by atoms with E-state index >= 15 is 0 Å². The first-order chi connectivity index (χ1) is 8.73. The zero-order chi connectivity index (χ0) is 14.7. The minimum absolute atomic E-state index is 0.0300. The topological polar surface area (TPSA) is 89.7 Å². The highest BCUT2D eigenvalue weighted by atomic mass is 32.2. The summed E-state index contributed by atoms with van der Waals surface area (Å²) < 4.78 is 28.1. The summed E-state index contributed by atoms with van der Waals surface area (Å²) in [4.78, 5) is 14.0. The Morgan fingerprint density at radius 2 is 2.16 bits per heavy atom. The van der Waals surface area contributed by atoms with E-state index in [2.05, 4.69) is 0 Å². The maximum Gasteiger partial charge on any atom is 0.242 e. The van der Waals surface area contributed by atoms with Crippen molar-refractivity contribution < 1.29 is 17.9 Å². The molecule has 1 heterocycles. The zero-order valence-corrected chi connectivity index (χ0v) is 12.7. The maximum atomic E-state index is 12.5. The number of carbonyl (C=O) groups is 1. The van der Waals surface area contributed by atoms with Gasteiger partial charge in [0.25, 0.3) is 0 Å². The standard InChI is InChI=1S/C12H24N2O4S/c1-4-12(2,13)11(15)14(6-7-18-3)10-5-8-19(16,17)9-10/h10H,4-9,13H2,1-3H3. The highest BCUT2D eigenvalue weighted by Gasteiger charge is 2.39. The number of amides is 1. The van der Waals surface area contributed by atoms with Gasteiger partial charge in [0.05, 0.1) is 23.7 Å². The van der Waals surface area contributed by atoms with E-state index in [-0.39, 0.29) is 23.5 Å². The number of ether oxygens (including phenoxy) is 1.